The predicted molar refractivity (Wildman–Crippen MR) is 128 cm³/mol. The van der Waals surface area contributed by atoms with Crippen molar-refractivity contribution in [2.45, 2.75) is 33.0 Å². The monoisotopic (exact) mass is 459 g/mol. The second-order valence-electron chi connectivity index (χ2n) is 8.49. The average Bonchev–Trinajstić information content (AvgIpc) is 3.26. The van der Waals surface area contributed by atoms with E-state index in [-0.39, 0.29) is 24.8 Å². The maximum atomic E-state index is 13.5. The molecule has 7 heteroatoms. The highest BCUT2D eigenvalue weighted by atomic mass is 16.5. The number of rotatable bonds is 9. The van der Waals surface area contributed by atoms with Gasteiger partial charge in [-0.2, -0.15) is 0 Å². The summed E-state index contributed by atoms with van der Waals surface area (Å²) in [7, 11) is 1.63. The fourth-order valence-electron chi connectivity index (χ4n) is 4.52. The normalized spacial score (nSPS) is 15.9. The first-order chi connectivity index (χ1) is 16.4. The molecule has 176 valence electrons. The number of ketones is 1. The second kappa shape index (κ2) is 10.1. The molecule has 0 spiro atoms. The quantitative estimate of drug-likeness (QED) is 0.356. The standard InChI is InChI=1S/C27H29N3O4/c1-19-16-23(20(2)28(19)14-15-34-3)24(31)18-30-26(32)25(22-12-8-5-9-13-22)29(27(30)33)17-21-10-6-4-7-11-21/h4-13,16,25H,14-15,17-18H2,1-3H3. The molecule has 7 nitrogen and oxygen atoms in total. The molecule has 1 saturated heterocycles. The van der Waals surface area contributed by atoms with Crippen LogP contribution < -0.4 is 0 Å². The van der Waals surface area contributed by atoms with Crippen LogP contribution in [0.5, 0.6) is 0 Å². The van der Waals surface area contributed by atoms with E-state index in [2.05, 4.69) is 0 Å². The van der Waals surface area contributed by atoms with Crippen molar-refractivity contribution in [3.8, 4) is 0 Å². The van der Waals surface area contributed by atoms with Crippen LogP contribution in [0.3, 0.4) is 0 Å². The third kappa shape index (κ3) is 4.52. The SMILES string of the molecule is COCCn1c(C)cc(C(=O)CN2C(=O)C(c3ccccc3)N(Cc3ccccc3)C2=O)c1C. The molecule has 0 saturated carbocycles. The Morgan fingerprint density at radius 2 is 1.62 bits per heavy atom. The van der Waals surface area contributed by atoms with E-state index in [1.165, 1.54) is 0 Å². The minimum Gasteiger partial charge on any atom is -0.383 e. The Balaban J connectivity index is 1.61. The zero-order valence-corrected chi connectivity index (χ0v) is 19.7. The number of benzene rings is 2. The molecule has 3 amide bonds. The third-order valence-corrected chi connectivity index (χ3v) is 6.29. The van der Waals surface area contributed by atoms with Crippen molar-refractivity contribution < 1.29 is 19.1 Å². The third-order valence-electron chi connectivity index (χ3n) is 6.29. The van der Waals surface area contributed by atoms with Crippen molar-refractivity contribution in [3.05, 3.63) is 94.8 Å². The van der Waals surface area contributed by atoms with E-state index in [9.17, 15) is 14.4 Å². The number of ether oxygens (including phenoxy) is 1. The molecule has 0 aliphatic carbocycles. The van der Waals surface area contributed by atoms with Gasteiger partial charge in [0.15, 0.2) is 5.78 Å². The molecule has 1 fully saturated rings. The van der Waals surface area contributed by atoms with E-state index in [4.69, 9.17) is 4.74 Å². The van der Waals surface area contributed by atoms with E-state index in [0.29, 0.717) is 18.7 Å². The van der Waals surface area contributed by atoms with Gasteiger partial charge in [-0.05, 0) is 31.0 Å². The molecule has 1 atom stereocenters. The molecule has 3 aromatic rings. The maximum Gasteiger partial charge on any atom is 0.328 e. The predicted octanol–water partition coefficient (Wildman–Crippen LogP) is 4.14. The molecule has 0 N–H and O–H groups in total. The number of urea groups is 1. The van der Waals surface area contributed by atoms with Crippen molar-refractivity contribution in [1.82, 2.24) is 14.4 Å². The Hall–Kier alpha value is -3.71. The van der Waals surface area contributed by atoms with Gasteiger partial charge >= 0.3 is 6.03 Å². The molecule has 1 aliphatic heterocycles. The van der Waals surface area contributed by atoms with Gasteiger partial charge in [0.2, 0.25) is 0 Å². The molecule has 4 rings (SSSR count). The Bertz CT molecular complexity index is 1190. The summed E-state index contributed by atoms with van der Waals surface area (Å²) in [5.74, 6) is -0.638. The van der Waals surface area contributed by atoms with E-state index in [0.717, 1.165) is 27.4 Å². The van der Waals surface area contributed by atoms with Gasteiger partial charge in [0.25, 0.3) is 5.91 Å². The number of amides is 3. The Morgan fingerprint density at radius 3 is 2.26 bits per heavy atom. The van der Waals surface area contributed by atoms with Crippen LogP contribution in [0.25, 0.3) is 0 Å². The number of carbonyl (C=O) groups excluding carboxylic acids is 3. The summed E-state index contributed by atoms with van der Waals surface area (Å²) >= 11 is 0. The van der Waals surface area contributed by atoms with E-state index < -0.39 is 12.1 Å². The van der Waals surface area contributed by atoms with Crippen LogP contribution in [0.15, 0.2) is 66.7 Å². The highest BCUT2D eigenvalue weighted by Gasteiger charge is 2.46. The zero-order valence-electron chi connectivity index (χ0n) is 19.7. The number of aromatic nitrogens is 1. The molecule has 0 radical (unpaired) electrons. The van der Waals surface area contributed by atoms with E-state index in [1.807, 2.05) is 85.1 Å². The summed E-state index contributed by atoms with van der Waals surface area (Å²) in [5.41, 5.74) is 3.90. The Kier molecular flexibility index (Phi) is 6.93. The first-order valence-corrected chi connectivity index (χ1v) is 11.3. The lowest BCUT2D eigenvalue weighted by molar-refractivity contribution is -0.128. The van der Waals surface area contributed by atoms with Gasteiger partial charge in [-0.25, -0.2) is 4.79 Å². The van der Waals surface area contributed by atoms with E-state index in [1.54, 1.807) is 12.0 Å². The van der Waals surface area contributed by atoms with Crippen LogP contribution in [0.1, 0.15) is 38.9 Å². The highest BCUT2D eigenvalue weighted by Crippen LogP contribution is 2.33. The molecular formula is C27H29N3O4. The van der Waals surface area contributed by atoms with Crippen LogP contribution in [0.2, 0.25) is 0 Å². The number of carbonyl (C=O) groups is 3. The lowest BCUT2D eigenvalue weighted by Gasteiger charge is -2.22. The van der Waals surface area contributed by atoms with Gasteiger partial charge in [-0.1, -0.05) is 60.7 Å². The van der Waals surface area contributed by atoms with Gasteiger partial charge in [0, 0.05) is 37.2 Å². The lowest BCUT2D eigenvalue weighted by Crippen LogP contribution is -2.37. The molecule has 2 heterocycles. The molecule has 34 heavy (non-hydrogen) atoms. The Morgan fingerprint density at radius 1 is 0.971 bits per heavy atom. The minimum atomic E-state index is -0.768. The molecular weight excluding hydrogens is 430 g/mol. The summed E-state index contributed by atoms with van der Waals surface area (Å²) in [6.45, 7) is 4.95. The summed E-state index contributed by atoms with van der Waals surface area (Å²) in [6.07, 6.45) is 0. The molecule has 1 unspecified atom stereocenters. The van der Waals surface area contributed by atoms with Gasteiger partial charge < -0.3 is 14.2 Å². The molecule has 2 aromatic carbocycles. The van der Waals surface area contributed by atoms with Gasteiger partial charge in [0.1, 0.15) is 6.04 Å². The summed E-state index contributed by atoms with van der Waals surface area (Å²) < 4.78 is 7.18. The fraction of sp³-hybridized carbons (Fsp3) is 0.296. The number of methoxy groups -OCH3 is 1. The Labute approximate surface area is 199 Å². The first-order valence-electron chi connectivity index (χ1n) is 11.3. The van der Waals surface area contributed by atoms with Crippen molar-refractivity contribution in [3.63, 3.8) is 0 Å². The van der Waals surface area contributed by atoms with Crippen LogP contribution in [-0.4, -0.2) is 52.3 Å². The highest BCUT2D eigenvalue weighted by molar-refractivity contribution is 6.09. The molecule has 1 aliphatic rings. The summed E-state index contributed by atoms with van der Waals surface area (Å²) in [6, 6.07) is 19.4. The summed E-state index contributed by atoms with van der Waals surface area (Å²) in [4.78, 5) is 42.8. The average molecular weight is 460 g/mol. The van der Waals surface area contributed by atoms with E-state index >= 15 is 0 Å². The largest absolute Gasteiger partial charge is 0.383 e. The van der Waals surface area contributed by atoms with Gasteiger partial charge in [-0.3, -0.25) is 14.5 Å². The van der Waals surface area contributed by atoms with Crippen LogP contribution >= 0.6 is 0 Å². The van der Waals surface area contributed by atoms with Crippen LogP contribution in [-0.2, 0) is 22.6 Å². The lowest BCUT2D eigenvalue weighted by atomic mass is 10.0. The molecule has 1 aromatic heterocycles. The topological polar surface area (TPSA) is 71.8 Å². The molecule has 0 bridgehead atoms. The minimum absolute atomic E-state index is 0.258. The van der Waals surface area contributed by atoms with Crippen molar-refractivity contribution >= 4 is 17.7 Å². The van der Waals surface area contributed by atoms with Crippen molar-refractivity contribution in [2.24, 2.45) is 0 Å². The van der Waals surface area contributed by atoms with Crippen LogP contribution in [0.4, 0.5) is 4.79 Å². The summed E-state index contributed by atoms with van der Waals surface area (Å²) in [5, 5.41) is 0. The first kappa shape index (κ1) is 23.4. The fourth-order valence-corrected chi connectivity index (χ4v) is 4.52. The number of hydrogen-bond acceptors (Lipinski definition) is 4. The number of aryl methyl sites for hydroxylation is 1. The van der Waals surface area contributed by atoms with Crippen molar-refractivity contribution in [2.75, 3.05) is 20.3 Å². The van der Waals surface area contributed by atoms with Gasteiger partial charge in [0.05, 0.1) is 13.2 Å². The number of nitrogens with zero attached hydrogens (tertiary/aromatic N) is 3. The number of Topliss-reactive ketones (excluding diaryl/α,β-unsaturated/α-hetero) is 1. The zero-order chi connectivity index (χ0) is 24.2. The van der Waals surface area contributed by atoms with Crippen LogP contribution in [0, 0.1) is 13.8 Å². The maximum absolute atomic E-state index is 13.5. The number of imide groups is 1. The number of hydrogen-bond donors (Lipinski definition) is 0. The smallest absolute Gasteiger partial charge is 0.328 e. The van der Waals surface area contributed by atoms with Gasteiger partial charge in [-0.15, -0.1) is 0 Å². The second-order valence-corrected chi connectivity index (χ2v) is 8.49. The van der Waals surface area contributed by atoms with Crippen molar-refractivity contribution in [1.29, 1.82) is 0 Å².